The second-order valence-electron chi connectivity index (χ2n) is 6.34. The number of allylic oxidation sites excluding steroid dienone is 1. The van der Waals surface area contributed by atoms with Gasteiger partial charge in [0.15, 0.2) is 0 Å². The summed E-state index contributed by atoms with van der Waals surface area (Å²) >= 11 is 0. The van der Waals surface area contributed by atoms with E-state index >= 15 is 0 Å². The third-order valence-electron chi connectivity index (χ3n) is 4.08. The second kappa shape index (κ2) is 14.3. The number of carbonyl (C=O) groups excluding carboxylic acids is 3. The SMILES string of the molecule is C=CCCCCCC[C@@H](NC(=O)CNC(=O)OCc1ccccc1)C(=O)OC. The van der Waals surface area contributed by atoms with Crippen LogP contribution in [0.2, 0.25) is 0 Å². The number of hydrogen-bond acceptors (Lipinski definition) is 5. The Kier molecular flexibility index (Phi) is 11.8. The van der Waals surface area contributed by atoms with Crippen LogP contribution in [0.1, 0.15) is 44.1 Å². The normalized spacial score (nSPS) is 11.2. The zero-order chi connectivity index (χ0) is 20.6. The van der Waals surface area contributed by atoms with Crippen LogP contribution in [0.15, 0.2) is 43.0 Å². The van der Waals surface area contributed by atoms with Crippen molar-refractivity contribution < 1.29 is 23.9 Å². The first kappa shape index (κ1) is 23.2. The fraction of sp³-hybridized carbons (Fsp3) is 0.476. The number of methoxy groups -OCH3 is 1. The molecule has 154 valence electrons. The van der Waals surface area contributed by atoms with Crippen LogP contribution in [-0.2, 0) is 25.7 Å². The number of rotatable bonds is 13. The van der Waals surface area contributed by atoms with Crippen molar-refractivity contribution in [3.63, 3.8) is 0 Å². The lowest BCUT2D eigenvalue weighted by Crippen LogP contribution is -2.46. The number of carbonyl (C=O) groups is 3. The van der Waals surface area contributed by atoms with Gasteiger partial charge in [-0.25, -0.2) is 9.59 Å². The number of esters is 1. The molecule has 1 aromatic carbocycles. The van der Waals surface area contributed by atoms with Crippen LogP contribution in [0.25, 0.3) is 0 Å². The van der Waals surface area contributed by atoms with Crippen LogP contribution in [-0.4, -0.2) is 37.7 Å². The van der Waals surface area contributed by atoms with E-state index in [-0.39, 0.29) is 13.2 Å². The first-order valence-corrected chi connectivity index (χ1v) is 9.49. The van der Waals surface area contributed by atoms with Crippen molar-refractivity contribution in [1.82, 2.24) is 10.6 Å². The van der Waals surface area contributed by atoms with Crippen LogP contribution in [0, 0.1) is 0 Å². The van der Waals surface area contributed by atoms with Gasteiger partial charge in [-0.3, -0.25) is 4.79 Å². The van der Waals surface area contributed by atoms with Crippen molar-refractivity contribution >= 4 is 18.0 Å². The van der Waals surface area contributed by atoms with Gasteiger partial charge in [-0.15, -0.1) is 6.58 Å². The molecule has 0 unspecified atom stereocenters. The molecule has 0 aliphatic carbocycles. The zero-order valence-electron chi connectivity index (χ0n) is 16.4. The summed E-state index contributed by atoms with van der Waals surface area (Å²) in [6, 6.07) is 8.50. The summed E-state index contributed by atoms with van der Waals surface area (Å²) in [6.45, 7) is 3.52. The quantitative estimate of drug-likeness (QED) is 0.307. The maximum atomic E-state index is 12.0. The Hall–Kier alpha value is -2.83. The third-order valence-corrected chi connectivity index (χ3v) is 4.08. The van der Waals surface area contributed by atoms with Crippen molar-refractivity contribution in [3.05, 3.63) is 48.6 Å². The van der Waals surface area contributed by atoms with Crippen LogP contribution in [0.3, 0.4) is 0 Å². The van der Waals surface area contributed by atoms with E-state index in [0.29, 0.717) is 6.42 Å². The highest BCUT2D eigenvalue weighted by Crippen LogP contribution is 2.09. The summed E-state index contributed by atoms with van der Waals surface area (Å²) < 4.78 is 9.78. The minimum atomic E-state index is -0.723. The van der Waals surface area contributed by atoms with Crippen molar-refractivity contribution in [2.24, 2.45) is 0 Å². The molecule has 28 heavy (non-hydrogen) atoms. The molecule has 2 amide bonds. The van der Waals surface area contributed by atoms with Crippen LogP contribution in [0.5, 0.6) is 0 Å². The highest BCUT2D eigenvalue weighted by Gasteiger charge is 2.21. The molecule has 1 aromatic rings. The van der Waals surface area contributed by atoms with Gasteiger partial charge in [0.25, 0.3) is 0 Å². The van der Waals surface area contributed by atoms with E-state index in [1.165, 1.54) is 7.11 Å². The Labute approximate surface area is 166 Å². The Morgan fingerprint density at radius 3 is 2.50 bits per heavy atom. The smallest absolute Gasteiger partial charge is 0.407 e. The topological polar surface area (TPSA) is 93.7 Å². The molecule has 0 spiro atoms. The van der Waals surface area contributed by atoms with E-state index in [1.807, 2.05) is 36.4 Å². The first-order chi connectivity index (χ1) is 13.6. The minimum absolute atomic E-state index is 0.116. The summed E-state index contributed by atoms with van der Waals surface area (Å²) in [5, 5.41) is 4.97. The second-order valence-corrected chi connectivity index (χ2v) is 6.34. The molecule has 0 bridgehead atoms. The number of benzene rings is 1. The lowest BCUT2D eigenvalue weighted by atomic mass is 10.1. The average Bonchev–Trinajstić information content (AvgIpc) is 2.72. The fourth-order valence-electron chi connectivity index (χ4n) is 2.55. The molecule has 7 nitrogen and oxygen atoms in total. The first-order valence-electron chi connectivity index (χ1n) is 9.49. The van der Waals surface area contributed by atoms with Crippen LogP contribution >= 0.6 is 0 Å². The van der Waals surface area contributed by atoms with E-state index in [2.05, 4.69) is 17.2 Å². The van der Waals surface area contributed by atoms with Gasteiger partial charge in [-0.05, 0) is 24.8 Å². The zero-order valence-corrected chi connectivity index (χ0v) is 16.4. The molecule has 0 heterocycles. The molecule has 0 aromatic heterocycles. The molecule has 0 saturated heterocycles. The molecule has 2 N–H and O–H groups in total. The van der Waals surface area contributed by atoms with E-state index in [4.69, 9.17) is 9.47 Å². The standard InChI is InChI=1S/C21H30N2O5/c1-3-4-5-6-7-11-14-18(20(25)27-2)23-19(24)15-22-21(26)28-16-17-12-9-8-10-13-17/h3,8-10,12-13,18H,1,4-7,11,14-16H2,2H3,(H,22,26)(H,23,24)/t18-/m1/s1. The molecule has 1 atom stereocenters. The average molecular weight is 390 g/mol. The number of unbranched alkanes of at least 4 members (excludes halogenated alkanes) is 4. The summed E-state index contributed by atoms with van der Waals surface area (Å²) in [6.07, 6.45) is 6.51. The third kappa shape index (κ3) is 10.4. The van der Waals surface area contributed by atoms with Gasteiger partial charge in [0.2, 0.25) is 5.91 Å². The summed E-state index contributed by atoms with van der Waals surface area (Å²) in [5.41, 5.74) is 0.848. The molecule has 1 rings (SSSR count). The van der Waals surface area contributed by atoms with Crippen LogP contribution < -0.4 is 10.6 Å². The number of amides is 2. The molecule has 0 fully saturated rings. The predicted molar refractivity (Wildman–Crippen MR) is 106 cm³/mol. The summed E-state index contributed by atoms with van der Waals surface area (Å²) in [7, 11) is 1.28. The van der Waals surface area contributed by atoms with Gasteiger partial charge in [-0.2, -0.15) is 0 Å². The van der Waals surface area contributed by atoms with Crippen molar-refractivity contribution in [2.75, 3.05) is 13.7 Å². The maximum absolute atomic E-state index is 12.0. The number of nitrogens with one attached hydrogen (secondary N) is 2. The maximum Gasteiger partial charge on any atom is 0.407 e. The van der Waals surface area contributed by atoms with Crippen molar-refractivity contribution in [1.29, 1.82) is 0 Å². The highest BCUT2D eigenvalue weighted by molar-refractivity contribution is 5.87. The highest BCUT2D eigenvalue weighted by atomic mass is 16.5. The van der Waals surface area contributed by atoms with Crippen LogP contribution in [0.4, 0.5) is 4.79 Å². The molecule has 0 radical (unpaired) electrons. The number of hydrogen-bond donors (Lipinski definition) is 2. The lowest BCUT2D eigenvalue weighted by molar-refractivity contribution is -0.145. The Morgan fingerprint density at radius 1 is 1.11 bits per heavy atom. The molecular formula is C21H30N2O5. The van der Waals surface area contributed by atoms with E-state index < -0.39 is 24.0 Å². The van der Waals surface area contributed by atoms with E-state index in [1.54, 1.807) is 0 Å². The Bertz CT molecular complexity index is 618. The van der Waals surface area contributed by atoms with E-state index in [9.17, 15) is 14.4 Å². The monoisotopic (exact) mass is 390 g/mol. The Morgan fingerprint density at radius 2 is 1.82 bits per heavy atom. The van der Waals surface area contributed by atoms with Gasteiger partial charge in [0.1, 0.15) is 19.2 Å². The fourth-order valence-corrected chi connectivity index (χ4v) is 2.55. The van der Waals surface area contributed by atoms with Gasteiger partial charge >= 0.3 is 12.1 Å². The minimum Gasteiger partial charge on any atom is -0.467 e. The number of ether oxygens (including phenoxy) is 2. The Balaban J connectivity index is 2.29. The van der Waals surface area contributed by atoms with Gasteiger partial charge in [0, 0.05) is 0 Å². The largest absolute Gasteiger partial charge is 0.467 e. The summed E-state index contributed by atoms with van der Waals surface area (Å²) in [5.74, 6) is -0.968. The van der Waals surface area contributed by atoms with Gasteiger partial charge < -0.3 is 20.1 Å². The van der Waals surface area contributed by atoms with Gasteiger partial charge in [-0.1, -0.05) is 55.7 Å². The van der Waals surface area contributed by atoms with Crippen molar-refractivity contribution in [2.45, 2.75) is 51.2 Å². The van der Waals surface area contributed by atoms with Gasteiger partial charge in [0.05, 0.1) is 7.11 Å². The molecule has 0 aliphatic heterocycles. The molecular weight excluding hydrogens is 360 g/mol. The summed E-state index contributed by atoms with van der Waals surface area (Å²) in [4.78, 5) is 35.6. The van der Waals surface area contributed by atoms with E-state index in [0.717, 1.165) is 37.7 Å². The molecule has 7 heteroatoms. The lowest BCUT2D eigenvalue weighted by Gasteiger charge is -2.16. The molecule has 0 aliphatic rings. The molecule has 0 saturated carbocycles. The van der Waals surface area contributed by atoms with Crippen molar-refractivity contribution in [3.8, 4) is 0 Å². The number of alkyl carbamates (subject to hydrolysis) is 1. The predicted octanol–water partition coefficient (Wildman–Crippen LogP) is 3.10.